The summed E-state index contributed by atoms with van der Waals surface area (Å²) in [5.41, 5.74) is 5.25. The number of rotatable bonds is 7. The van der Waals surface area contributed by atoms with Crippen LogP contribution in [-0.4, -0.2) is 45.9 Å². The summed E-state index contributed by atoms with van der Waals surface area (Å²) in [6.45, 7) is 1.93. The Morgan fingerprint density at radius 3 is 2.86 bits per heavy atom. The lowest BCUT2D eigenvalue weighted by Crippen LogP contribution is -2.31. The van der Waals surface area contributed by atoms with Crippen molar-refractivity contribution in [3.63, 3.8) is 0 Å². The van der Waals surface area contributed by atoms with Crippen molar-refractivity contribution in [3.8, 4) is 0 Å². The van der Waals surface area contributed by atoms with Crippen molar-refractivity contribution >= 4 is 17.1 Å². The molecule has 0 aliphatic rings. The van der Waals surface area contributed by atoms with E-state index in [0.29, 0.717) is 49.8 Å². The Morgan fingerprint density at radius 1 is 1.43 bits per heavy atom. The van der Waals surface area contributed by atoms with Gasteiger partial charge in [0.25, 0.3) is 5.56 Å². The van der Waals surface area contributed by atoms with E-state index in [1.165, 1.54) is 4.57 Å². The van der Waals surface area contributed by atoms with Crippen LogP contribution in [0.2, 0.25) is 0 Å². The van der Waals surface area contributed by atoms with Gasteiger partial charge in [0.15, 0.2) is 11.2 Å². The Morgan fingerprint density at radius 2 is 2.19 bits per heavy atom. The minimum Gasteiger partial charge on any atom is -0.385 e. The monoisotopic (exact) mass is 296 g/mol. The van der Waals surface area contributed by atoms with Gasteiger partial charge in [-0.05, 0) is 6.42 Å². The average molecular weight is 296 g/mol. The molecule has 2 aromatic heterocycles. The molecule has 0 radical (unpaired) electrons. The van der Waals surface area contributed by atoms with E-state index in [1.807, 2.05) is 0 Å². The molecule has 21 heavy (non-hydrogen) atoms. The first-order valence-electron chi connectivity index (χ1n) is 6.72. The first kappa shape index (κ1) is 15.3. The largest absolute Gasteiger partial charge is 0.385 e. The number of nitrogens with one attached hydrogen (secondary N) is 2. The smallest absolute Gasteiger partial charge is 0.330 e. The van der Waals surface area contributed by atoms with E-state index in [4.69, 9.17) is 10.5 Å². The molecule has 9 heteroatoms. The summed E-state index contributed by atoms with van der Waals surface area (Å²) >= 11 is 0. The van der Waals surface area contributed by atoms with Gasteiger partial charge in [-0.25, -0.2) is 4.79 Å². The molecule has 2 heterocycles. The van der Waals surface area contributed by atoms with Crippen LogP contribution in [0.25, 0.3) is 11.2 Å². The molecule has 0 aliphatic carbocycles. The summed E-state index contributed by atoms with van der Waals surface area (Å²) in [6, 6.07) is 0. The number of nitrogens with two attached hydrogens (primary N) is 1. The summed E-state index contributed by atoms with van der Waals surface area (Å²) in [6.07, 6.45) is 0.652. The first-order chi connectivity index (χ1) is 10.1. The van der Waals surface area contributed by atoms with E-state index < -0.39 is 11.2 Å². The molecule has 0 saturated heterocycles. The van der Waals surface area contributed by atoms with Crippen molar-refractivity contribution in [2.45, 2.75) is 13.0 Å². The van der Waals surface area contributed by atoms with Crippen LogP contribution in [-0.2, 0) is 18.3 Å². The molecule has 0 saturated carbocycles. The molecule has 0 spiro atoms. The molecular weight excluding hydrogens is 276 g/mol. The predicted molar refractivity (Wildman–Crippen MR) is 79.6 cm³/mol. The van der Waals surface area contributed by atoms with Crippen molar-refractivity contribution in [1.29, 1.82) is 0 Å². The normalized spacial score (nSPS) is 11.2. The third kappa shape index (κ3) is 2.98. The molecule has 0 fully saturated rings. The van der Waals surface area contributed by atoms with Crippen molar-refractivity contribution in [3.05, 3.63) is 20.8 Å². The van der Waals surface area contributed by atoms with Crippen LogP contribution in [0, 0.1) is 0 Å². The van der Waals surface area contributed by atoms with Crippen LogP contribution in [0.4, 0.5) is 5.95 Å². The molecule has 0 aromatic carbocycles. The molecule has 2 aromatic rings. The minimum atomic E-state index is -0.466. The molecule has 2 rings (SSSR count). The van der Waals surface area contributed by atoms with Gasteiger partial charge < -0.3 is 20.4 Å². The molecule has 0 bridgehead atoms. The predicted octanol–water partition coefficient (Wildman–Crippen LogP) is -1.17. The number of aromatic amines is 1. The van der Waals surface area contributed by atoms with Crippen LogP contribution < -0.4 is 22.3 Å². The number of anilines is 1. The zero-order valence-corrected chi connectivity index (χ0v) is 12.2. The summed E-state index contributed by atoms with van der Waals surface area (Å²) in [7, 11) is 3.31. The van der Waals surface area contributed by atoms with E-state index in [9.17, 15) is 9.59 Å². The average Bonchev–Trinajstić information content (AvgIpc) is 2.77. The maximum absolute atomic E-state index is 12.0. The van der Waals surface area contributed by atoms with E-state index in [1.54, 1.807) is 18.7 Å². The number of ether oxygens (including phenoxy) is 1. The molecular formula is C12H20N6O3. The highest BCUT2D eigenvalue weighted by Gasteiger charge is 2.15. The third-order valence-electron chi connectivity index (χ3n) is 3.17. The second-order valence-corrected chi connectivity index (χ2v) is 4.64. The van der Waals surface area contributed by atoms with Gasteiger partial charge in [-0.15, -0.1) is 0 Å². The number of aryl methyl sites for hydroxylation is 2. The summed E-state index contributed by atoms with van der Waals surface area (Å²) in [5.74, 6) is 0.507. The second kappa shape index (κ2) is 6.55. The Hall–Kier alpha value is -2.13. The fourth-order valence-corrected chi connectivity index (χ4v) is 2.16. The number of fused-ring (bicyclic) bond motifs is 1. The minimum absolute atomic E-state index is 0.353. The van der Waals surface area contributed by atoms with Crippen LogP contribution in [0.1, 0.15) is 6.42 Å². The lowest BCUT2D eigenvalue weighted by Gasteiger charge is -2.05. The fourth-order valence-electron chi connectivity index (χ4n) is 2.16. The molecule has 0 amide bonds. The van der Waals surface area contributed by atoms with Gasteiger partial charge in [-0.2, -0.15) is 4.98 Å². The highest BCUT2D eigenvalue weighted by molar-refractivity contribution is 5.73. The molecule has 116 valence electrons. The van der Waals surface area contributed by atoms with E-state index in [-0.39, 0.29) is 0 Å². The van der Waals surface area contributed by atoms with Gasteiger partial charge >= 0.3 is 5.69 Å². The fraction of sp³-hybridized carbons (Fsp3) is 0.583. The summed E-state index contributed by atoms with van der Waals surface area (Å²) in [4.78, 5) is 30.6. The number of methoxy groups -OCH3 is 1. The number of hydrogen-bond donors (Lipinski definition) is 3. The number of imidazole rings is 1. The van der Waals surface area contributed by atoms with Crippen LogP contribution in [0.5, 0.6) is 0 Å². The van der Waals surface area contributed by atoms with E-state index in [0.717, 1.165) is 0 Å². The topological polar surface area (TPSA) is 120 Å². The van der Waals surface area contributed by atoms with Crippen molar-refractivity contribution in [2.24, 2.45) is 12.8 Å². The van der Waals surface area contributed by atoms with Gasteiger partial charge in [-0.1, -0.05) is 0 Å². The second-order valence-electron chi connectivity index (χ2n) is 4.64. The Bertz CT molecular complexity index is 729. The zero-order valence-electron chi connectivity index (χ0n) is 12.2. The Balaban J connectivity index is 2.52. The van der Waals surface area contributed by atoms with E-state index in [2.05, 4.69) is 15.3 Å². The van der Waals surface area contributed by atoms with Gasteiger partial charge in [-0.3, -0.25) is 14.3 Å². The van der Waals surface area contributed by atoms with Crippen LogP contribution >= 0.6 is 0 Å². The highest BCUT2D eigenvalue weighted by atomic mass is 16.5. The molecule has 4 N–H and O–H groups in total. The van der Waals surface area contributed by atoms with Gasteiger partial charge in [0, 0.05) is 40.4 Å². The zero-order chi connectivity index (χ0) is 15.4. The highest BCUT2D eigenvalue weighted by Crippen LogP contribution is 2.13. The number of aromatic nitrogens is 4. The molecule has 0 aliphatic heterocycles. The SMILES string of the molecule is COCCCn1c(=O)[nH]c(=O)c2c1nc(NCCN)n2C. The maximum Gasteiger partial charge on any atom is 0.330 e. The van der Waals surface area contributed by atoms with Crippen molar-refractivity contribution in [2.75, 3.05) is 32.1 Å². The lowest BCUT2D eigenvalue weighted by atomic mass is 10.4. The maximum atomic E-state index is 12.0. The Labute approximate surface area is 120 Å². The number of nitrogens with zero attached hydrogens (tertiary/aromatic N) is 3. The molecule has 0 unspecified atom stereocenters. The third-order valence-corrected chi connectivity index (χ3v) is 3.17. The van der Waals surface area contributed by atoms with Gasteiger partial charge in [0.1, 0.15) is 0 Å². The number of hydrogen-bond acceptors (Lipinski definition) is 6. The van der Waals surface area contributed by atoms with E-state index >= 15 is 0 Å². The standard InChI is InChI=1S/C12H20N6O3/c1-17-8-9(15-11(17)14-5-4-13)18(6-3-7-21-2)12(20)16-10(8)19/h3-7,13H2,1-2H3,(H,14,15)(H,16,19,20). The molecule has 0 atom stereocenters. The van der Waals surface area contributed by atoms with Crippen molar-refractivity contribution in [1.82, 2.24) is 19.1 Å². The van der Waals surface area contributed by atoms with Crippen LogP contribution in [0.15, 0.2) is 9.59 Å². The summed E-state index contributed by atoms with van der Waals surface area (Å²) < 4.78 is 8.05. The first-order valence-corrected chi connectivity index (χ1v) is 6.72. The van der Waals surface area contributed by atoms with Gasteiger partial charge in [0.2, 0.25) is 5.95 Å². The molecule has 9 nitrogen and oxygen atoms in total. The van der Waals surface area contributed by atoms with Crippen molar-refractivity contribution < 1.29 is 4.74 Å². The van der Waals surface area contributed by atoms with Crippen LogP contribution in [0.3, 0.4) is 0 Å². The summed E-state index contributed by atoms with van der Waals surface area (Å²) in [5, 5.41) is 3.03. The lowest BCUT2D eigenvalue weighted by molar-refractivity contribution is 0.190. The number of H-pyrrole nitrogens is 1. The Kier molecular flexibility index (Phi) is 4.76. The van der Waals surface area contributed by atoms with Gasteiger partial charge in [0.05, 0.1) is 0 Å². The quantitative estimate of drug-likeness (QED) is 0.554.